The number of carbonyl (C=O) groups is 1. The molecule has 23 heavy (non-hydrogen) atoms. The summed E-state index contributed by atoms with van der Waals surface area (Å²) in [5, 5.41) is 7.75. The fourth-order valence-electron chi connectivity index (χ4n) is 2.56. The molecular weight excluding hydrogens is 313 g/mol. The van der Waals surface area contributed by atoms with Crippen LogP contribution in [-0.2, 0) is 36.9 Å². The second-order valence-corrected chi connectivity index (χ2v) is 5.35. The molecule has 3 rings (SSSR count). The minimum Gasteiger partial charge on any atom is -0.347 e. The normalized spacial score (nSPS) is 14.6. The zero-order valence-corrected chi connectivity index (χ0v) is 12.2. The number of aromatic nitrogens is 5. The average Bonchev–Trinajstić information content (AvgIpc) is 3.12. The Hall–Kier alpha value is -2.39. The Bertz CT molecular complexity index is 705. The second-order valence-electron chi connectivity index (χ2n) is 5.35. The van der Waals surface area contributed by atoms with Gasteiger partial charge in [-0.15, -0.1) is 5.10 Å². The van der Waals surface area contributed by atoms with Gasteiger partial charge in [0.25, 0.3) is 5.82 Å². The van der Waals surface area contributed by atoms with Gasteiger partial charge in [0.2, 0.25) is 5.91 Å². The highest BCUT2D eigenvalue weighted by Gasteiger charge is 2.36. The lowest BCUT2D eigenvalue weighted by atomic mass is 10.0. The molecule has 0 aliphatic heterocycles. The number of rotatable bonds is 4. The summed E-state index contributed by atoms with van der Waals surface area (Å²) in [7, 11) is 0. The maximum atomic E-state index is 12.4. The van der Waals surface area contributed by atoms with Crippen LogP contribution >= 0.6 is 0 Å². The van der Waals surface area contributed by atoms with Crippen molar-refractivity contribution < 1.29 is 18.0 Å². The SMILES string of the molecule is O=C(Cn1cnc2c1CCCC2)NCc1nc(C(F)(F)F)n[nH]1. The number of aromatic amines is 1. The number of halogens is 3. The molecule has 7 nitrogen and oxygen atoms in total. The van der Waals surface area contributed by atoms with Gasteiger partial charge in [0, 0.05) is 5.69 Å². The minimum atomic E-state index is -4.60. The maximum Gasteiger partial charge on any atom is 0.453 e. The molecule has 124 valence electrons. The summed E-state index contributed by atoms with van der Waals surface area (Å²) < 4.78 is 38.9. The molecule has 0 radical (unpaired) electrons. The molecule has 0 bridgehead atoms. The van der Waals surface area contributed by atoms with Crippen molar-refractivity contribution in [3.63, 3.8) is 0 Å². The Morgan fingerprint density at radius 3 is 2.87 bits per heavy atom. The van der Waals surface area contributed by atoms with Gasteiger partial charge in [-0.25, -0.2) is 9.97 Å². The Balaban J connectivity index is 1.56. The van der Waals surface area contributed by atoms with Gasteiger partial charge in [-0.2, -0.15) is 13.2 Å². The molecule has 1 aliphatic rings. The van der Waals surface area contributed by atoms with Crippen molar-refractivity contribution in [2.75, 3.05) is 0 Å². The lowest BCUT2D eigenvalue weighted by Crippen LogP contribution is -2.28. The minimum absolute atomic E-state index is 0.0432. The first kappa shape index (κ1) is 15.5. The molecule has 0 unspecified atom stereocenters. The summed E-state index contributed by atoms with van der Waals surface area (Å²) in [5.74, 6) is -1.61. The van der Waals surface area contributed by atoms with Gasteiger partial charge >= 0.3 is 6.18 Å². The number of hydrogen-bond donors (Lipinski definition) is 2. The number of aryl methyl sites for hydroxylation is 1. The van der Waals surface area contributed by atoms with E-state index in [2.05, 4.69) is 25.5 Å². The van der Waals surface area contributed by atoms with Crippen LogP contribution in [0.1, 0.15) is 35.9 Å². The summed E-state index contributed by atoms with van der Waals surface area (Å²) in [6, 6.07) is 0. The van der Waals surface area contributed by atoms with Gasteiger partial charge in [0.1, 0.15) is 12.4 Å². The fourth-order valence-corrected chi connectivity index (χ4v) is 2.56. The number of imidazole rings is 1. The topological polar surface area (TPSA) is 88.5 Å². The standard InChI is InChI=1S/C13H15F3N6O/c14-13(15,16)12-19-10(20-21-12)5-17-11(23)6-22-7-18-8-3-1-2-4-9(8)22/h7H,1-6H2,(H,17,23)(H,19,20,21). The van der Waals surface area contributed by atoms with Crippen LogP contribution in [0.2, 0.25) is 0 Å². The number of fused-ring (bicyclic) bond motifs is 1. The summed E-state index contributed by atoms with van der Waals surface area (Å²) in [6.07, 6.45) is 1.00. The summed E-state index contributed by atoms with van der Waals surface area (Å²) in [5.41, 5.74) is 2.08. The van der Waals surface area contributed by atoms with E-state index in [0.29, 0.717) is 0 Å². The van der Waals surface area contributed by atoms with Crippen LogP contribution in [0.25, 0.3) is 0 Å². The van der Waals surface area contributed by atoms with Crippen molar-refractivity contribution in [1.82, 2.24) is 30.0 Å². The average molecular weight is 328 g/mol. The third kappa shape index (κ3) is 3.51. The van der Waals surface area contributed by atoms with Crippen molar-refractivity contribution in [2.45, 2.75) is 44.9 Å². The number of hydrogen-bond acceptors (Lipinski definition) is 4. The van der Waals surface area contributed by atoms with Crippen molar-refractivity contribution in [1.29, 1.82) is 0 Å². The molecule has 2 heterocycles. The van der Waals surface area contributed by atoms with Gasteiger partial charge in [-0.05, 0) is 25.7 Å². The van der Waals surface area contributed by atoms with E-state index in [1.165, 1.54) is 0 Å². The molecule has 1 aliphatic carbocycles. The van der Waals surface area contributed by atoms with Crippen molar-refractivity contribution >= 4 is 5.91 Å². The molecule has 0 saturated heterocycles. The van der Waals surface area contributed by atoms with Crippen LogP contribution in [0.5, 0.6) is 0 Å². The second kappa shape index (κ2) is 6.01. The maximum absolute atomic E-state index is 12.4. The first-order chi connectivity index (χ1) is 10.9. The molecule has 0 saturated carbocycles. The molecule has 0 spiro atoms. The van der Waals surface area contributed by atoms with Crippen molar-refractivity contribution in [3.05, 3.63) is 29.4 Å². The van der Waals surface area contributed by atoms with Gasteiger partial charge in [-0.3, -0.25) is 9.89 Å². The first-order valence-electron chi connectivity index (χ1n) is 7.21. The molecule has 2 aromatic heterocycles. The summed E-state index contributed by atoms with van der Waals surface area (Å²) >= 11 is 0. The van der Waals surface area contributed by atoms with Crippen LogP contribution in [0.15, 0.2) is 6.33 Å². The third-order valence-electron chi connectivity index (χ3n) is 3.66. The molecule has 0 fully saturated rings. The predicted octanol–water partition coefficient (Wildman–Crippen LogP) is 1.22. The largest absolute Gasteiger partial charge is 0.453 e. The predicted molar refractivity (Wildman–Crippen MR) is 72.1 cm³/mol. The van der Waals surface area contributed by atoms with Gasteiger partial charge in [0.05, 0.1) is 18.6 Å². The van der Waals surface area contributed by atoms with Crippen LogP contribution in [0, 0.1) is 0 Å². The van der Waals surface area contributed by atoms with Gasteiger partial charge < -0.3 is 9.88 Å². The van der Waals surface area contributed by atoms with E-state index in [9.17, 15) is 18.0 Å². The Morgan fingerprint density at radius 1 is 1.35 bits per heavy atom. The molecular formula is C13H15F3N6O. The van der Waals surface area contributed by atoms with Crippen LogP contribution in [-0.4, -0.2) is 30.6 Å². The van der Waals surface area contributed by atoms with Gasteiger partial charge in [-0.1, -0.05) is 0 Å². The molecule has 2 aromatic rings. The fraction of sp³-hybridized carbons (Fsp3) is 0.538. The highest BCUT2D eigenvalue weighted by atomic mass is 19.4. The van der Waals surface area contributed by atoms with E-state index in [-0.39, 0.29) is 24.8 Å². The molecule has 0 atom stereocenters. The van der Waals surface area contributed by atoms with Crippen molar-refractivity contribution in [2.24, 2.45) is 0 Å². The van der Waals surface area contributed by atoms with Crippen LogP contribution in [0.4, 0.5) is 13.2 Å². The quantitative estimate of drug-likeness (QED) is 0.883. The number of amides is 1. The zero-order chi connectivity index (χ0) is 16.4. The van der Waals surface area contributed by atoms with Crippen LogP contribution in [0.3, 0.4) is 0 Å². The zero-order valence-electron chi connectivity index (χ0n) is 12.2. The summed E-state index contributed by atoms with van der Waals surface area (Å²) in [4.78, 5) is 19.5. The Morgan fingerprint density at radius 2 is 2.13 bits per heavy atom. The molecule has 2 N–H and O–H groups in total. The Kier molecular flexibility index (Phi) is 4.05. The number of nitrogens with one attached hydrogen (secondary N) is 2. The lowest BCUT2D eigenvalue weighted by Gasteiger charge is -2.13. The van der Waals surface area contributed by atoms with E-state index in [1.807, 2.05) is 0 Å². The molecule has 0 aromatic carbocycles. The van der Waals surface area contributed by atoms with Crippen molar-refractivity contribution in [3.8, 4) is 0 Å². The Labute approximate surface area is 129 Å². The molecule has 1 amide bonds. The number of carbonyl (C=O) groups excluding carboxylic acids is 1. The van der Waals surface area contributed by atoms with E-state index >= 15 is 0 Å². The number of alkyl halides is 3. The van der Waals surface area contributed by atoms with Crippen LogP contribution < -0.4 is 5.32 Å². The van der Waals surface area contributed by atoms with Gasteiger partial charge in [0.15, 0.2) is 0 Å². The monoisotopic (exact) mass is 328 g/mol. The van der Waals surface area contributed by atoms with E-state index in [4.69, 9.17) is 0 Å². The summed E-state index contributed by atoms with van der Waals surface area (Å²) in [6.45, 7) is -0.0542. The number of nitrogens with zero attached hydrogens (tertiary/aromatic N) is 4. The van der Waals surface area contributed by atoms with E-state index in [1.54, 1.807) is 10.9 Å². The van der Waals surface area contributed by atoms with E-state index in [0.717, 1.165) is 37.1 Å². The lowest BCUT2D eigenvalue weighted by molar-refractivity contribution is -0.144. The smallest absolute Gasteiger partial charge is 0.347 e. The highest BCUT2D eigenvalue weighted by molar-refractivity contribution is 5.75. The molecule has 10 heteroatoms. The highest BCUT2D eigenvalue weighted by Crippen LogP contribution is 2.25. The first-order valence-corrected chi connectivity index (χ1v) is 7.21. The third-order valence-corrected chi connectivity index (χ3v) is 3.66. The van der Waals surface area contributed by atoms with E-state index < -0.39 is 12.0 Å². The number of H-pyrrole nitrogens is 1.